The monoisotopic (exact) mass is 236 g/mol. The fourth-order valence-corrected chi connectivity index (χ4v) is 1.27. The molecule has 0 spiro atoms. The van der Waals surface area contributed by atoms with Crippen molar-refractivity contribution in [2.75, 3.05) is 7.05 Å². The highest BCUT2D eigenvalue weighted by atomic mass is 16.4. The molecule has 1 aromatic heterocycles. The van der Waals surface area contributed by atoms with Gasteiger partial charge in [-0.05, 0) is 32.9 Å². The van der Waals surface area contributed by atoms with Gasteiger partial charge in [-0.15, -0.1) is 0 Å². The highest BCUT2D eigenvalue weighted by Crippen LogP contribution is 2.16. The third kappa shape index (κ3) is 2.61. The Morgan fingerprint density at radius 2 is 2.00 bits per heavy atom. The first-order valence-electron chi connectivity index (χ1n) is 5.21. The van der Waals surface area contributed by atoms with Gasteiger partial charge >= 0.3 is 5.97 Å². The number of carbonyl (C=O) groups excluding carboxylic acids is 1. The molecule has 0 aliphatic carbocycles. The van der Waals surface area contributed by atoms with Crippen LogP contribution in [0.4, 0.5) is 0 Å². The van der Waals surface area contributed by atoms with Gasteiger partial charge in [0.15, 0.2) is 0 Å². The number of carbonyl (C=O) groups is 2. The van der Waals surface area contributed by atoms with Gasteiger partial charge in [0.25, 0.3) is 5.91 Å². The summed E-state index contributed by atoms with van der Waals surface area (Å²) in [6.45, 7) is 4.75. The van der Waals surface area contributed by atoms with Crippen molar-refractivity contribution in [2.45, 2.75) is 26.3 Å². The minimum atomic E-state index is -1.24. The summed E-state index contributed by atoms with van der Waals surface area (Å²) in [5.74, 6) is -1.37. The summed E-state index contributed by atoms with van der Waals surface area (Å²) >= 11 is 0. The quantitative estimate of drug-likeness (QED) is 0.859. The van der Waals surface area contributed by atoms with Gasteiger partial charge in [-0.1, -0.05) is 0 Å². The molecule has 0 bridgehead atoms. The second kappa shape index (κ2) is 4.53. The van der Waals surface area contributed by atoms with Crippen molar-refractivity contribution in [3.05, 3.63) is 29.6 Å². The molecule has 0 saturated carbocycles. The van der Waals surface area contributed by atoms with E-state index in [-0.39, 0.29) is 5.91 Å². The third-order valence-electron chi connectivity index (χ3n) is 2.81. The van der Waals surface area contributed by atoms with Gasteiger partial charge in [-0.3, -0.25) is 9.78 Å². The Kier molecular flexibility index (Phi) is 3.50. The number of hydrogen-bond acceptors (Lipinski definition) is 3. The number of likely N-dealkylation sites (N-methyl/N-ethyl adjacent to an activating group) is 1. The van der Waals surface area contributed by atoms with E-state index in [9.17, 15) is 9.59 Å². The van der Waals surface area contributed by atoms with Gasteiger partial charge in [-0.25, -0.2) is 4.79 Å². The second-order valence-electron chi connectivity index (χ2n) is 4.41. The lowest BCUT2D eigenvalue weighted by atomic mass is 10.0. The number of hydrogen-bond donors (Lipinski definition) is 1. The molecule has 5 heteroatoms. The minimum absolute atomic E-state index is 0.331. The van der Waals surface area contributed by atoms with E-state index in [0.717, 1.165) is 5.69 Å². The van der Waals surface area contributed by atoms with Crippen molar-refractivity contribution in [3.63, 3.8) is 0 Å². The molecular weight excluding hydrogens is 220 g/mol. The van der Waals surface area contributed by atoms with Crippen LogP contribution in [0.1, 0.15) is 29.9 Å². The fourth-order valence-electron chi connectivity index (χ4n) is 1.27. The number of amides is 1. The summed E-state index contributed by atoms with van der Waals surface area (Å²) in [7, 11) is 1.48. The van der Waals surface area contributed by atoms with Crippen molar-refractivity contribution in [3.8, 4) is 0 Å². The maximum Gasteiger partial charge on any atom is 0.329 e. The summed E-state index contributed by atoms with van der Waals surface area (Å²) in [5.41, 5.74) is -0.0828. The Labute approximate surface area is 100 Å². The molecule has 17 heavy (non-hydrogen) atoms. The molecule has 1 rings (SSSR count). The minimum Gasteiger partial charge on any atom is -0.480 e. The van der Waals surface area contributed by atoms with Crippen LogP contribution in [0.3, 0.4) is 0 Å². The molecule has 0 fully saturated rings. The molecule has 0 aliphatic rings. The molecule has 0 unspecified atom stereocenters. The Morgan fingerprint density at radius 3 is 2.47 bits per heavy atom. The fraction of sp³-hybridized carbons (Fsp3) is 0.417. The van der Waals surface area contributed by atoms with Crippen LogP contribution in [0.5, 0.6) is 0 Å². The molecule has 1 amide bonds. The lowest BCUT2D eigenvalue weighted by Crippen LogP contribution is -2.50. The van der Waals surface area contributed by atoms with E-state index in [2.05, 4.69) is 4.98 Å². The van der Waals surface area contributed by atoms with Crippen molar-refractivity contribution >= 4 is 11.9 Å². The maximum atomic E-state index is 12.1. The zero-order chi connectivity index (χ0) is 13.2. The van der Waals surface area contributed by atoms with Crippen LogP contribution in [-0.2, 0) is 4.79 Å². The van der Waals surface area contributed by atoms with Crippen LogP contribution in [0.2, 0.25) is 0 Å². The number of aryl methyl sites for hydroxylation is 1. The molecule has 1 heterocycles. The standard InChI is InChI=1S/C12H16N2O3/c1-8-7-9(5-6-13-8)10(15)14(4)12(2,3)11(16)17/h5-7H,1-4H3,(H,16,17). The van der Waals surface area contributed by atoms with Crippen molar-refractivity contribution in [1.29, 1.82) is 0 Å². The predicted molar refractivity (Wildman–Crippen MR) is 62.8 cm³/mol. The van der Waals surface area contributed by atoms with Gasteiger partial charge in [0.1, 0.15) is 5.54 Å². The van der Waals surface area contributed by atoms with Crippen LogP contribution in [0.15, 0.2) is 18.3 Å². The summed E-state index contributed by atoms with van der Waals surface area (Å²) < 4.78 is 0. The first-order valence-corrected chi connectivity index (χ1v) is 5.21. The molecule has 1 N–H and O–H groups in total. The van der Waals surface area contributed by atoms with Crippen LogP contribution < -0.4 is 0 Å². The topological polar surface area (TPSA) is 70.5 Å². The molecule has 92 valence electrons. The average molecular weight is 236 g/mol. The van der Waals surface area contributed by atoms with Crippen LogP contribution in [0.25, 0.3) is 0 Å². The molecule has 5 nitrogen and oxygen atoms in total. The smallest absolute Gasteiger partial charge is 0.329 e. The lowest BCUT2D eigenvalue weighted by molar-refractivity contribution is -0.147. The predicted octanol–water partition coefficient (Wildman–Crippen LogP) is 1.33. The number of aromatic nitrogens is 1. The van der Waals surface area contributed by atoms with E-state index in [1.54, 1.807) is 19.1 Å². The third-order valence-corrected chi connectivity index (χ3v) is 2.81. The molecule has 0 radical (unpaired) electrons. The first-order chi connectivity index (χ1) is 7.76. The SMILES string of the molecule is Cc1cc(C(=O)N(C)C(C)(C)C(=O)O)ccn1. The zero-order valence-electron chi connectivity index (χ0n) is 10.4. The van der Waals surface area contributed by atoms with Crippen LogP contribution in [-0.4, -0.2) is 39.5 Å². The van der Waals surface area contributed by atoms with E-state index in [1.165, 1.54) is 32.0 Å². The summed E-state index contributed by atoms with van der Waals surface area (Å²) in [6, 6.07) is 3.21. The molecular formula is C12H16N2O3. The Morgan fingerprint density at radius 1 is 1.41 bits per heavy atom. The Bertz CT molecular complexity index is 455. The van der Waals surface area contributed by atoms with E-state index < -0.39 is 11.5 Å². The van der Waals surface area contributed by atoms with E-state index in [0.29, 0.717) is 5.56 Å². The van der Waals surface area contributed by atoms with Crippen molar-refractivity contribution in [1.82, 2.24) is 9.88 Å². The van der Waals surface area contributed by atoms with Crippen molar-refractivity contribution < 1.29 is 14.7 Å². The number of carboxylic acid groups (broad SMARTS) is 1. The average Bonchev–Trinajstić information content (AvgIpc) is 2.26. The van der Waals surface area contributed by atoms with Crippen LogP contribution >= 0.6 is 0 Å². The largest absolute Gasteiger partial charge is 0.480 e. The molecule has 0 saturated heterocycles. The van der Waals surface area contributed by atoms with E-state index in [4.69, 9.17) is 5.11 Å². The normalized spacial score (nSPS) is 11.1. The molecule has 1 aromatic rings. The van der Waals surface area contributed by atoms with Gasteiger partial charge in [0.05, 0.1) is 0 Å². The number of rotatable bonds is 3. The van der Waals surface area contributed by atoms with Gasteiger partial charge < -0.3 is 10.0 Å². The second-order valence-corrected chi connectivity index (χ2v) is 4.41. The first kappa shape index (κ1) is 13.2. The molecule has 0 aliphatic heterocycles. The summed E-state index contributed by atoms with van der Waals surface area (Å²) in [4.78, 5) is 28.3. The highest BCUT2D eigenvalue weighted by molar-refractivity contribution is 5.97. The lowest BCUT2D eigenvalue weighted by Gasteiger charge is -2.31. The number of aliphatic carboxylic acids is 1. The molecule has 0 atom stereocenters. The Balaban J connectivity index is 3.02. The van der Waals surface area contributed by atoms with E-state index >= 15 is 0 Å². The summed E-state index contributed by atoms with van der Waals surface area (Å²) in [6.07, 6.45) is 1.53. The summed E-state index contributed by atoms with van der Waals surface area (Å²) in [5, 5.41) is 9.06. The van der Waals surface area contributed by atoms with Gasteiger partial charge in [0, 0.05) is 24.5 Å². The van der Waals surface area contributed by atoms with Crippen LogP contribution in [0, 0.1) is 6.92 Å². The zero-order valence-corrected chi connectivity index (χ0v) is 10.4. The number of nitrogens with zero attached hydrogens (tertiary/aromatic N) is 2. The highest BCUT2D eigenvalue weighted by Gasteiger charge is 2.35. The number of pyridine rings is 1. The molecule has 0 aromatic carbocycles. The van der Waals surface area contributed by atoms with Gasteiger partial charge in [-0.2, -0.15) is 0 Å². The number of carboxylic acids is 1. The van der Waals surface area contributed by atoms with Crippen molar-refractivity contribution in [2.24, 2.45) is 0 Å². The van der Waals surface area contributed by atoms with Gasteiger partial charge in [0.2, 0.25) is 0 Å². The maximum absolute atomic E-state index is 12.1. The Hall–Kier alpha value is -1.91. The van der Waals surface area contributed by atoms with E-state index in [1.807, 2.05) is 0 Å².